The molecule has 9 nitrogen and oxygen atoms in total. The highest BCUT2D eigenvalue weighted by molar-refractivity contribution is 7.99. The van der Waals surface area contributed by atoms with Crippen LogP contribution < -0.4 is 5.32 Å². The smallest absolute Gasteiger partial charge is 0.277 e. The number of anilines is 1. The maximum absolute atomic E-state index is 12.8. The van der Waals surface area contributed by atoms with E-state index in [0.29, 0.717) is 29.9 Å². The van der Waals surface area contributed by atoms with Gasteiger partial charge in [0.05, 0.1) is 10.6 Å². The molecule has 0 aliphatic rings. The van der Waals surface area contributed by atoms with Crippen molar-refractivity contribution in [2.24, 2.45) is 0 Å². The Kier molecular flexibility index (Phi) is 8.01. The number of sulfonamides is 1. The minimum Gasteiger partial charge on any atom is -0.411 e. The topological polar surface area (TPSA) is 122 Å². The Hall–Kier alpha value is -3.02. The Morgan fingerprint density at radius 3 is 2.39 bits per heavy atom. The Bertz CT molecular complexity index is 1240. The Labute approximate surface area is 196 Å². The number of ketones is 1. The number of hydrogen-bond donors (Lipinski definition) is 1. The molecular weight excluding hydrogens is 464 g/mol. The Balaban J connectivity index is 1.64. The second-order valence-corrected chi connectivity index (χ2v) is 9.83. The molecule has 0 unspecified atom stereocenters. The van der Waals surface area contributed by atoms with Gasteiger partial charge in [-0.05, 0) is 49.4 Å². The molecule has 0 radical (unpaired) electrons. The van der Waals surface area contributed by atoms with Crippen LogP contribution in [0.4, 0.5) is 5.69 Å². The number of nitrogens with zero attached hydrogens (tertiary/aromatic N) is 3. The molecule has 1 amide bonds. The number of carbonyl (C=O) groups excluding carboxylic acids is 2. The van der Waals surface area contributed by atoms with Gasteiger partial charge in [0, 0.05) is 29.9 Å². The molecule has 3 rings (SSSR count). The van der Waals surface area contributed by atoms with Crippen molar-refractivity contribution in [1.29, 1.82) is 0 Å². The fraction of sp³-hybridized carbons (Fsp3) is 0.273. The minimum absolute atomic E-state index is 0.0342. The number of nitrogens with one attached hydrogen (secondary N) is 1. The maximum atomic E-state index is 12.8. The van der Waals surface area contributed by atoms with Crippen molar-refractivity contribution in [2.75, 3.05) is 24.2 Å². The molecule has 0 saturated carbocycles. The first-order chi connectivity index (χ1) is 15.7. The van der Waals surface area contributed by atoms with E-state index in [1.54, 1.807) is 50.2 Å². The van der Waals surface area contributed by atoms with Gasteiger partial charge in [0.15, 0.2) is 5.78 Å². The van der Waals surface area contributed by atoms with Gasteiger partial charge < -0.3 is 9.73 Å². The van der Waals surface area contributed by atoms with E-state index in [9.17, 15) is 18.0 Å². The predicted molar refractivity (Wildman–Crippen MR) is 126 cm³/mol. The maximum Gasteiger partial charge on any atom is 0.277 e. The fourth-order valence-corrected chi connectivity index (χ4v) is 5.07. The van der Waals surface area contributed by atoms with Gasteiger partial charge in [-0.1, -0.05) is 31.7 Å². The van der Waals surface area contributed by atoms with E-state index in [-0.39, 0.29) is 33.5 Å². The van der Waals surface area contributed by atoms with E-state index in [1.165, 1.54) is 23.4 Å². The summed E-state index contributed by atoms with van der Waals surface area (Å²) in [5.41, 5.74) is 1.61. The molecule has 1 aromatic heterocycles. The second-order valence-electron chi connectivity index (χ2n) is 6.96. The van der Waals surface area contributed by atoms with Crippen LogP contribution in [-0.2, 0) is 14.8 Å². The summed E-state index contributed by atoms with van der Waals surface area (Å²) in [5.74, 6) is -0.129. The third-order valence-electron chi connectivity index (χ3n) is 4.73. The molecule has 0 spiro atoms. The average Bonchev–Trinajstić information content (AvgIpc) is 3.28. The van der Waals surface area contributed by atoms with Gasteiger partial charge in [-0.15, -0.1) is 10.2 Å². The first kappa shape index (κ1) is 24.6. The van der Waals surface area contributed by atoms with Crippen molar-refractivity contribution in [2.45, 2.75) is 30.9 Å². The van der Waals surface area contributed by atoms with E-state index in [2.05, 4.69) is 15.5 Å². The van der Waals surface area contributed by atoms with Crippen LogP contribution in [0.1, 0.15) is 31.1 Å². The van der Waals surface area contributed by atoms with Crippen molar-refractivity contribution in [3.63, 3.8) is 0 Å². The van der Waals surface area contributed by atoms with Crippen LogP contribution in [0.3, 0.4) is 0 Å². The molecule has 0 atom stereocenters. The minimum atomic E-state index is -3.62. The highest BCUT2D eigenvalue weighted by Crippen LogP contribution is 2.26. The highest BCUT2D eigenvalue weighted by atomic mass is 32.2. The van der Waals surface area contributed by atoms with Crippen molar-refractivity contribution < 1.29 is 22.4 Å². The summed E-state index contributed by atoms with van der Waals surface area (Å²) >= 11 is 1.06. The number of carbonyl (C=O) groups is 2. The first-order valence-corrected chi connectivity index (χ1v) is 12.6. The van der Waals surface area contributed by atoms with Crippen LogP contribution in [0.25, 0.3) is 11.5 Å². The van der Waals surface area contributed by atoms with E-state index in [0.717, 1.165) is 11.8 Å². The molecule has 11 heteroatoms. The third-order valence-corrected chi connectivity index (χ3v) is 7.60. The standard InChI is InChI=1S/C22H24N4O5S2/c1-4-26(5-2)33(29,30)19-8-6-7-17(13-19)21-24-25-22(31-21)32-14-20(28)23-18-11-9-16(10-12-18)15(3)27/h6-13H,4-5,14H2,1-3H3,(H,23,28). The summed E-state index contributed by atoms with van der Waals surface area (Å²) in [6.45, 7) is 5.78. The molecular formula is C22H24N4O5S2. The lowest BCUT2D eigenvalue weighted by Crippen LogP contribution is -2.30. The second kappa shape index (κ2) is 10.7. The number of aromatic nitrogens is 2. The monoisotopic (exact) mass is 488 g/mol. The zero-order valence-corrected chi connectivity index (χ0v) is 20.1. The van der Waals surface area contributed by atoms with Gasteiger partial charge in [0.2, 0.25) is 21.8 Å². The quantitative estimate of drug-likeness (QED) is 0.339. The number of hydrogen-bond acceptors (Lipinski definition) is 8. The van der Waals surface area contributed by atoms with Crippen molar-refractivity contribution in [3.8, 4) is 11.5 Å². The molecule has 0 fully saturated rings. The summed E-state index contributed by atoms with van der Waals surface area (Å²) in [6, 6.07) is 12.9. The molecule has 174 valence electrons. The largest absolute Gasteiger partial charge is 0.411 e. The predicted octanol–water partition coefficient (Wildman–Crippen LogP) is 3.70. The average molecular weight is 489 g/mol. The molecule has 2 aromatic carbocycles. The zero-order chi connectivity index (χ0) is 24.0. The summed E-state index contributed by atoms with van der Waals surface area (Å²) in [5, 5.41) is 10.8. The van der Waals surface area contributed by atoms with Crippen molar-refractivity contribution >= 4 is 39.2 Å². The highest BCUT2D eigenvalue weighted by Gasteiger charge is 2.22. The van der Waals surface area contributed by atoms with Gasteiger partial charge in [0.1, 0.15) is 0 Å². The van der Waals surface area contributed by atoms with E-state index in [4.69, 9.17) is 4.42 Å². The lowest BCUT2D eigenvalue weighted by Gasteiger charge is -2.18. The van der Waals surface area contributed by atoms with Crippen LogP contribution in [0.15, 0.2) is 63.1 Å². The van der Waals surface area contributed by atoms with E-state index in [1.807, 2.05) is 0 Å². The molecule has 0 bridgehead atoms. The number of benzene rings is 2. The number of rotatable bonds is 10. The van der Waals surface area contributed by atoms with E-state index < -0.39 is 10.0 Å². The fourth-order valence-electron chi connectivity index (χ4n) is 3.00. The summed E-state index contributed by atoms with van der Waals surface area (Å²) in [6.07, 6.45) is 0. The Morgan fingerprint density at radius 1 is 1.06 bits per heavy atom. The zero-order valence-electron chi connectivity index (χ0n) is 18.4. The normalized spacial score (nSPS) is 11.5. The van der Waals surface area contributed by atoms with Crippen LogP contribution in [-0.4, -0.2) is 53.5 Å². The number of amides is 1. The summed E-state index contributed by atoms with van der Waals surface area (Å²) in [4.78, 5) is 23.7. The van der Waals surface area contributed by atoms with Crippen LogP contribution in [0.5, 0.6) is 0 Å². The number of Topliss-reactive ketones (excluding diaryl/α,β-unsaturated/α-hetero) is 1. The van der Waals surface area contributed by atoms with Gasteiger partial charge in [-0.2, -0.15) is 4.31 Å². The van der Waals surface area contributed by atoms with Gasteiger partial charge in [0.25, 0.3) is 5.22 Å². The van der Waals surface area contributed by atoms with Crippen LogP contribution in [0.2, 0.25) is 0 Å². The van der Waals surface area contributed by atoms with Crippen molar-refractivity contribution in [3.05, 3.63) is 54.1 Å². The molecule has 1 N–H and O–H groups in total. The molecule has 3 aromatic rings. The number of thioether (sulfide) groups is 1. The Morgan fingerprint density at radius 2 is 1.76 bits per heavy atom. The first-order valence-electron chi connectivity index (χ1n) is 10.2. The van der Waals surface area contributed by atoms with Crippen LogP contribution in [0, 0.1) is 0 Å². The molecule has 0 aliphatic heterocycles. The van der Waals surface area contributed by atoms with Crippen molar-refractivity contribution in [1.82, 2.24) is 14.5 Å². The molecule has 33 heavy (non-hydrogen) atoms. The molecule has 0 saturated heterocycles. The van der Waals surface area contributed by atoms with Gasteiger partial charge in [-0.3, -0.25) is 9.59 Å². The third kappa shape index (κ3) is 6.06. The molecule has 1 heterocycles. The summed E-state index contributed by atoms with van der Waals surface area (Å²) < 4.78 is 32.5. The lowest BCUT2D eigenvalue weighted by atomic mass is 10.1. The summed E-state index contributed by atoms with van der Waals surface area (Å²) in [7, 11) is -3.62. The molecule has 0 aliphatic carbocycles. The van der Waals surface area contributed by atoms with Gasteiger partial charge >= 0.3 is 0 Å². The SMILES string of the molecule is CCN(CC)S(=O)(=O)c1cccc(-c2nnc(SCC(=O)Nc3ccc(C(C)=O)cc3)o2)c1. The van der Waals surface area contributed by atoms with Crippen LogP contribution >= 0.6 is 11.8 Å². The van der Waals surface area contributed by atoms with Gasteiger partial charge in [-0.25, -0.2) is 8.42 Å². The lowest BCUT2D eigenvalue weighted by molar-refractivity contribution is -0.113. The van der Waals surface area contributed by atoms with E-state index >= 15 is 0 Å².